The third-order valence-corrected chi connectivity index (χ3v) is 7.12. The summed E-state index contributed by atoms with van der Waals surface area (Å²) in [6, 6.07) is 9.59. The molecule has 1 fully saturated rings. The maximum absolute atomic E-state index is 6.07. The lowest BCUT2D eigenvalue weighted by Gasteiger charge is -2.27. The summed E-state index contributed by atoms with van der Waals surface area (Å²) in [4.78, 5) is 0. The smallest absolute Gasteiger partial charge is 0.0963 e. The fraction of sp³-hybridized carbons (Fsp3) is 0.556. The summed E-state index contributed by atoms with van der Waals surface area (Å²) in [6.07, 6.45) is 19.4. The predicted molar refractivity (Wildman–Crippen MR) is 118 cm³/mol. The minimum atomic E-state index is 0.563. The summed E-state index contributed by atoms with van der Waals surface area (Å²) in [5.41, 5.74) is 4.50. The monoisotopic (exact) mass is 376 g/mol. The van der Waals surface area contributed by atoms with E-state index in [4.69, 9.17) is 4.74 Å². The Labute approximate surface area is 171 Å². The minimum Gasteiger partial charge on any atom is -0.497 e. The van der Waals surface area contributed by atoms with Crippen LogP contribution in [0.3, 0.4) is 0 Å². The van der Waals surface area contributed by atoms with Crippen LogP contribution in [0, 0.1) is 11.8 Å². The first kappa shape index (κ1) is 19.6. The van der Waals surface area contributed by atoms with E-state index in [-0.39, 0.29) is 0 Å². The van der Waals surface area contributed by atoms with Crippen LogP contribution in [0.4, 0.5) is 0 Å². The molecule has 1 saturated carbocycles. The van der Waals surface area contributed by atoms with E-state index in [1.54, 1.807) is 5.56 Å². The third-order valence-electron chi connectivity index (χ3n) is 7.12. The first-order valence-electron chi connectivity index (χ1n) is 11.4. The van der Waals surface area contributed by atoms with Crippen molar-refractivity contribution < 1.29 is 4.74 Å². The molecule has 28 heavy (non-hydrogen) atoms. The van der Waals surface area contributed by atoms with Gasteiger partial charge in [-0.1, -0.05) is 67.8 Å². The van der Waals surface area contributed by atoms with E-state index in [9.17, 15) is 0 Å². The van der Waals surface area contributed by atoms with Crippen LogP contribution in [-0.2, 0) is 4.74 Å². The zero-order valence-electron chi connectivity index (χ0n) is 17.7. The third kappa shape index (κ3) is 4.99. The van der Waals surface area contributed by atoms with Gasteiger partial charge in [0.15, 0.2) is 0 Å². The van der Waals surface area contributed by atoms with E-state index in [1.807, 2.05) is 0 Å². The largest absolute Gasteiger partial charge is 0.497 e. The highest BCUT2D eigenvalue weighted by atomic mass is 16.5. The molecule has 1 heteroatoms. The number of ether oxygens (including phenoxy) is 1. The van der Waals surface area contributed by atoms with E-state index >= 15 is 0 Å². The van der Waals surface area contributed by atoms with Crippen molar-refractivity contribution in [3.8, 4) is 0 Å². The van der Waals surface area contributed by atoms with Crippen LogP contribution in [0.25, 0.3) is 0 Å². The molecule has 0 bridgehead atoms. The molecule has 0 N–H and O–H groups in total. The van der Waals surface area contributed by atoms with Crippen LogP contribution in [0.15, 0.2) is 59.9 Å². The van der Waals surface area contributed by atoms with Crippen molar-refractivity contribution in [3.63, 3.8) is 0 Å². The summed E-state index contributed by atoms with van der Waals surface area (Å²) in [7, 11) is 0. The van der Waals surface area contributed by atoms with Gasteiger partial charge < -0.3 is 4.74 Å². The molecule has 1 aromatic carbocycles. The van der Waals surface area contributed by atoms with E-state index in [2.05, 4.69) is 62.4 Å². The van der Waals surface area contributed by atoms with Gasteiger partial charge in [-0.05, 0) is 68.1 Å². The molecule has 150 valence electrons. The van der Waals surface area contributed by atoms with Gasteiger partial charge in [0.05, 0.1) is 12.4 Å². The second-order valence-corrected chi connectivity index (χ2v) is 9.41. The molecule has 1 aromatic rings. The quantitative estimate of drug-likeness (QED) is 0.479. The van der Waals surface area contributed by atoms with E-state index in [0.717, 1.165) is 37.0 Å². The fourth-order valence-electron chi connectivity index (χ4n) is 4.96. The van der Waals surface area contributed by atoms with Crippen LogP contribution >= 0.6 is 0 Å². The lowest BCUT2D eigenvalue weighted by Crippen LogP contribution is -2.14. The first-order chi connectivity index (χ1) is 13.7. The number of hydrogen-bond acceptors (Lipinski definition) is 1. The van der Waals surface area contributed by atoms with Crippen molar-refractivity contribution >= 4 is 0 Å². The molecule has 3 aliphatic carbocycles. The Morgan fingerprint density at radius 3 is 2.21 bits per heavy atom. The molecule has 0 aliphatic heterocycles. The van der Waals surface area contributed by atoms with Crippen molar-refractivity contribution in [1.29, 1.82) is 0 Å². The van der Waals surface area contributed by atoms with Gasteiger partial charge in [0.2, 0.25) is 0 Å². The standard InChI is InChI=1S/C27H36O/c1-20-3-9-23(10-4-20)25-13-15-26(16-14-25)24-11-7-22(8-12-24)19-28-27-17-5-21(2)6-18-27/h5,7,11,13-17,20,22-24H,3-4,6,8-10,12,18-19H2,1-2H3. The molecule has 2 atom stereocenters. The molecule has 0 radical (unpaired) electrons. The summed E-state index contributed by atoms with van der Waals surface area (Å²) in [5.74, 6) is 4.02. The summed E-state index contributed by atoms with van der Waals surface area (Å²) in [6.45, 7) is 5.43. The number of benzene rings is 1. The fourth-order valence-corrected chi connectivity index (χ4v) is 4.96. The highest BCUT2D eigenvalue weighted by molar-refractivity contribution is 5.31. The maximum atomic E-state index is 6.07. The molecule has 1 nitrogen and oxygen atoms in total. The van der Waals surface area contributed by atoms with Gasteiger partial charge in [-0.2, -0.15) is 0 Å². The van der Waals surface area contributed by atoms with E-state index in [0.29, 0.717) is 11.8 Å². The number of rotatable bonds is 5. The van der Waals surface area contributed by atoms with E-state index in [1.165, 1.54) is 49.7 Å². The highest BCUT2D eigenvalue weighted by Gasteiger charge is 2.21. The van der Waals surface area contributed by atoms with Crippen LogP contribution in [-0.4, -0.2) is 6.61 Å². The van der Waals surface area contributed by atoms with Gasteiger partial charge >= 0.3 is 0 Å². The highest BCUT2D eigenvalue weighted by Crippen LogP contribution is 2.37. The SMILES string of the molecule is CC1=CC=C(OCC2C=CC(c3ccc(C4CCC(C)CC4)cc3)CC2)CC1. The Morgan fingerprint density at radius 1 is 0.821 bits per heavy atom. The summed E-state index contributed by atoms with van der Waals surface area (Å²) < 4.78 is 6.07. The average molecular weight is 377 g/mol. The summed E-state index contributed by atoms with van der Waals surface area (Å²) in [5, 5.41) is 0. The minimum absolute atomic E-state index is 0.563. The van der Waals surface area contributed by atoms with Crippen LogP contribution in [0.1, 0.15) is 88.2 Å². The topological polar surface area (TPSA) is 9.23 Å². The van der Waals surface area contributed by atoms with Gasteiger partial charge in [-0.25, -0.2) is 0 Å². The molecule has 4 rings (SSSR count). The molecule has 2 unspecified atom stereocenters. The Morgan fingerprint density at radius 2 is 1.57 bits per heavy atom. The molecule has 3 aliphatic rings. The first-order valence-corrected chi connectivity index (χ1v) is 11.4. The molecule has 0 saturated heterocycles. The van der Waals surface area contributed by atoms with Gasteiger partial charge in [0, 0.05) is 18.3 Å². The van der Waals surface area contributed by atoms with Crippen LogP contribution in [0.5, 0.6) is 0 Å². The van der Waals surface area contributed by atoms with Gasteiger partial charge in [0.1, 0.15) is 0 Å². The Balaban J connectivity index is 1.28. The Bertz CT molecular complexity index is 728. The second kappa shape index (κ2) is 9.16. The zero-order valence-corrected chi connectivity index (χ0v) is 17.7. The molecular weight excluding hydrogens is 340 g/mol. The van der Waals surface area contributed by atoms with Crippen molar-refractivity contribution in [3.05, 3.63) is 71.0 Å². The van der Waals surface area contributed by atoms with Crippen molar-refractivity contribution in [1.82, 2.24) is 0 Å². The molecule has 0 amide bonds. The summed E-state index contributed by atoms with van der Waals surface area (Å²) >= 11 is 0. The van der Waals surface area contributed by atoms with E-state index < -0.39 is 0 Å². The number of allylic oxidation sites excluding steroid dienone is 5. The molecule has 0 spiro atoms. The lowest BCUT2D eigenvalue weighted by molar-refractivity contribution is 0.166. The zero-order chi connectivity index (χ0) is 19.3. The van der Waals surface area contributed by atoms with Crippen molar-refractivity contribution in [2.24, 2.45) is 11.8 Å². The van der Waals surface area contributed by atoms with Crippen LogP contribution < -0.4 is 0 Å². The maximum Gasteiger partial charge on any atom is 0.0963 e. The van der Waals surface area contributed by atoms with Gasteiger partial charge in [0.25, 0.3) is 0 Å². The Hall–Kier alpha value is -1.76. The lowest BCUT2D eigenvalue weighted by atomic mass is 9.78. The van der Waals surface area contributed by atoms with Gasteiger partial charge in [-0.15, -0.1) is 0 Å². The predicted octanol–water partition coefficient (Wildman–Crippen LogP) is 7.67. The second-order valence-electron chi connectivity index (χ2n) is 9.41. The molecule has 0 aromatic heterocycles. The molecule has 0 heterocycles. The Kier molecular flexibility index (Phi) is 6.40. The van der Waals surface area contributed by atoms with Crippen molar-refractivity contribution in [2.45, 2.75) is 77.0 Å². The van der Waals surface area contributed by atoms with Gasteiger partial charge in [-0.3, -0.25) is 0 Å². The molecular formula is C27H36O. The average Bonchev–Trinajstić information content (AvgIpc) is 2.74. The number of hydrogen-bond donors (Lipinski definition) is 0. The van der Waals surface area contributed by atoms with Crippen molar-refractivity contribution in [2.75, 3.05) is 6.61 Å². The van der Waals surface area contributed by atoms with Crippen LogP contribution in [0.2, 0.25) is 0 Å². The normalized spacial score (nSPS) is 30.5.